The predicted molar refractivity (Wildman–Crippen MR) is 74.8 cm³/mol. The molecule has 0 aliphatic rings. The van der Waals surface area contributed by atoms with E-state index >= 15 is 0 Å². The third-order valence-corrected chi connectivity index (χ3v) is 2.88. The van der Waals surface area contributed by atoms with Crippen LogP contribution in [0.3, 0.4) is 0 Å². The fraction of sp³-hybridized carbons (Fsp3) is 0.429. The molecule has 0 unspecified atom stereocenters. The van der Waals surface area contributed by atoms with Crippen LogP contribution in [0.15, 0.2) is 30.9 Å². The number of hydrogen-bond donors (Lipinski definition) is 1. The van der Waals surface area contributed by atoms with E-state index in [2.05, 4.69) is 9.72 Å². The maximum atomic E-state index is 12.0. The number of aromatic nitrogens is 2. The van der Waals surface area contributed by atoms with Gasteiger partial charge >= 0.3 is 11.9 Å². The van der Waals surface area contributed by atoms with E-state index in [4.69, 9.17) is 4.74 Å². The van der Waals surface area contributed by atoms with Crippen molar-refractivity contribution in [1.82, 2.24) is 9.55 Å². The summed E-state index contributed by atoms with van der Waals surface area (Å²) >= 11 is 0. The van der Waals surface area contributed by atoms with E-state index in [-0.39, 0.29) is 6.61 Å². The standard InChI is InChI=1S/C14H18N2O6/c1-14(2,8-22-11(18)5-4-10(17)21-3)12(19)13(20)16-7-6-15-9-16/h4-7,9,12,19H,8H2,1-3H3/b5-4+/t12-/m0/s1. The van der Waals surface area contributed by atoms with Gasteiger partial charge in [-0.3, -0.25) is 9.36 Å². The van der Waals surface area contributed by atoms with Crippen molar-refractivity contribution in [1.29, 1.82) is 0 Å². The lowest BCUT2D eigenvalue weighted by Gasteiger charge is -2.28. The van der Waals surface area contributed by atoms with E-state index in [1.54, 1.807) is 13.8 Å². The van der Waals surface area contributed by atoms with Gasteiger partial charge in [0.1, 0.15) is 12.4 Å². The highest BCUT2D eigenvalue weighted by molar-refractivity contribution is 5.91. The molecule has 0 saturated heterocycles. The first-order valence-corrected chi connectivity index (χ1v) is 6.41. The van der Waals surface area contributed by atoms with Crippen molar-refractivity contribution < 1.29 is 29.0 Å². The Morgan fingerprint density at radius 2 is 1.95 bits per heavy atom. The molecule has 0 radical (unpaired) electrons. The molecule has 8 heteroatoms. The molecule has 0 aromatic carbocycles. The molecule has 1 aromatic heterocycles. The Morgan fingerprint density at radius 3 is 2.50 bits per heavy atom. The van der Waals surface area contributed by atoms with E-state index in [0.717, 1.165) is 16.7 Å². The normalized spacial score (nSPS) is 12.9. The minimum atomic E-state index is -1.39. The average molecular weight is 310 g/mol. The summed E-state index contributed by atoms with van der Waals surface area (Å²) in [6.45, 7) is 2.94. The molecule has 0 bridgehead atoms. The molecule has 1 heterocycles. The number of hydrogen-bond acceptors (Lipinski definition) is 7. The second kappa shape index (κ2) is 7.51. The molecule has 120 valence electrons. The van der Waals surface area contributed by atoms with Gasteiger partial charge in [0.05, 0.1) is 13.7 Å². The van der Waals surface area contributed by atoms with Crippen molar-refractivity contribution in [3.8, 4) is 0 Å². The minimum Gasteiger partial charge on any atom is -0.466 e. The summed E-state index contributed by atoms with van der Waals surface area (Å²) in [5.41, 5.74) is -1.02. The molecule has 0 aliphatic carbocycles. The molecule has 0 spiro atoms. The van der Waals surface area contributed by atoms with E-state index in [0.29, 0.717) is 0 Å². The van der Waals surface area contributed by atoms with Crippen molar-refractivity contribution in [2.45, 2.75) is 20.0 Å². The number of methoxy groups -OCH3 is 1. The third-order valence-electron chi connectivity index (χ3n) is 2.88. The Balaban J connectivity index is 2.59. The number of ether oxygens (including phenoxy) is 2. The molecule has 1 rings (SSSR count). The van der Waals surface area contributed by atoms with Crippen molar-refractivity contribution in [2.24, 2.45) is 5.41 Å². The fourth-order valence-electron chi connectivity index (χ4n) is 1.45. The number of aliphatic hydroxyl groups is 1. The summed E-state index contributed by atoms with van der Waals surface area (Å²) in [5.74, 6) is -2.05. The fourth-order valence-corrected chi connectivity index (χ4v) is 1.45. The molecule has 0 amide bonds. The topological polar surface area (TPSA) is 108 Å². The molecule has 1 aromatic rings. The predicted octanol–water partition coefficient (Wildman–Crippen LogP) is 0.183. The molecule has 0 saturated carbocycles. The number of aliphatic hydroxyl groups excluding tert-OH is 1. The highest BCUT2D eigenvalue weighted by Crippen LogP contribution is 2.22. The number of carbonyl (C=O) groups excluding carboxylic acids is 3. The van der Waals surface area contributed by atoms with Gasteiger partial charge in [-0.1, -0.05) is 13.8 Å². The van der Waals surface area contributed by atoms with Crippen LogP contribution in [0.4, 0.5) is 0 Å². The number of carbonyl (C=O) groups is 3. The summed E-state index contributed by atoms with van der Waals surface area (Å²) < 4.78 is 10.4. The SMILES string of the molecule is COC(=O)/C=C/C(=O)OCC(C)(C)[C@@H](O)C(=O)n1ccnc1. The van der Waals surface area contributed by atoms with E-state index in [9.17, 15) is 19.5 Å². The zero-order chi connectivity index (χ0) is 16.8. The first-order valence-electron chi connectivity index (χ1n) is 6.41. The van der Waals surface area contributed by atoms with E-state index in [1.807, 2.05) is 0 Å². The average Bonchev–Trinajstić information content (AvgIpc) is 3.03. The smallest absolute Gasteiger partial charge is 0.331 e. The molecular formula is C14H18N2O6. The van der Waals surface area contributed by atoms with Crippen LogP contribution in [-0.2, 0) is 19.1 Å². The van der Waals surface area contributed by atoms with Crippen molar-refractivity contribution in [2.75, 3.05) is 13.7 Å². The summed E-state index contributed by atoms with van der Waals surface area (Å²) in [4.78, 5) is 38.0. The van der Waals surface area contributed by atoms with Crippen molar-refractivity contribution in [3.05, 3.63) is 30.9 Å². The van der Waals surface area contributed by atoms with Gasteiger partial charge in [0.2, 0.25) is 0 Å². The maximum absolute atomic E-state index is 12.0. The van der Waals surface area contributed by atoms with Crippen LogP contribution in [0.2, 0.25) is 0 Å². The molecule has 1 N–H and O–H groups in total. The summed E-state index contributed by atoms with van der Waals surface area (Å²) in [6.07, 6.45) is 4.53. The van der Waals surface area contributed by atoms with Crippen LogP contribution < -0.4 is 0 Å². The lowest BCUT2D eigenvalue weighted by molar-refractivity contribution is -0.143. The molecule has 22 heavy (non-hydrogen) atoms. The summed E-state index contributed by atoms with van der Waals surface area (Å²) in [7, 11) is 1.18. The monoisotopic (exact) mass is 310 g/mol. The Kier molecular flexibility index (Phi) is 6.00. The van der Waals surface area contributed by atoms with Gasteiger partial charge in [0.25, 0.3) is 5.91 Å². The Hall–Kier alpha value is -2.48. The molecule has 0 aliphatic heterocycles. The first kappa shape index (κ1) is 17.6. The van der Waals surface area contributed by atoms with Gasteiger partial charge in [-0.25, -0.2) is 14.6 Å². The van der Waals surface area contributed by atoms with Crippen LogP contribution in [0, 0.1) is 5.41 Å². The Bertz CT molecular complexity index is 562. The second-order valence-electron chi connectivity index (χ2n) is 5.16. The Labute approximate surface area is 127 Å². The zero-order valence-corrected chi connectivity index (χ0v) is 12.6. The van der Waals surface area contributed by atoms with Gasteiger partial charge in [-0.05, 0) is 0 Å². The number of esters is 2. The number of imidazole rings is 1. The van der Waals surface area contributed by atoms with Gasteiger partial charge in [0, 0.05) is 30.0 Å². The third kappa shape index (κ3) is 4.81. The van der Waals surface area contributed by atoms with Crippen LogP contribution in [-0.4, -0.2) is 52.3 Å². The lowest BCUT2D eigenvalue weighted by Crippen LogP contribution is -2.42. The van der Waals surface area contributed by atoms with Gasteiger partial charge < -0.3 is 14.6 Å². The molecule has 8 nitrogen and oxygen atoms in total. The van der Waals surface area contributed by atoms with Crippen molar-refractivity contribution in [3.63, 3.8) is 0 Å². The van der Waals surface area contributed by atoms with Crippen molar-refractivity contribution >= 4 is 17.8 Å². The highest BCUT2D eigenvalue weighted by Gasteiger charge is 2.35. The summed E-state index contributed by atoms with van der Waals surface area (Å²) in [5, 5.41) is 10.1. The quantitative estimate of drug-likeness (QED) is 0.590. The van der Waals surface area contributed by atoms with Gasteiger partial charge in [-0.2, -0.15) is 0 Å². The van der Waals surface area contributed by atoms with Crippen LogP contribution in [0.25, 0.3) is 0 Å². The summed E-state index contributed by atoms with van der Waals surface area (Å²) in [6, 6.07) is 0. The van der Waals surface area contributed by atoms with Crippen LogP contribution in [0.5, 0.6) is 0 Å². The number of nitrogens with zero attached hydrogens (tertiary/aromatic N) is 2. The lowest BCUT2D eigenvalue weighted by atomic mass is 9.87. The second-order valence-corrected chi connectivity index (χ2v) is 5.16. The largest absolute Gasteiger partial charge is 0.466 e. The first-order chi connectivity index (χ1) is 10.3. The van der Waals surface area contributed by atoms with E-state index < -0.39 is 29.4 Å². The van der Waals surface area contributed by atoms with Gasteiger partial charge in [0.15, 0.2) is 0 Å². The van der Waals surface area contributed by atoms with Gasteiger partial charge in [-0.15, -0.1) is 0 Å². The number of rotatable bonds is 6. The molecule has 1 atom stereocenters. The zero-order valence-electron chi connectivity index (χ0n) is 12.6. The van der Waals surface area contributed by atoms with E-state index in [1.165, 1.54) is 25.8 Å². The molecular weight excluding hydrogens is 292 g/mol. The Morgan fingerprint density at radius 1 is 1.32 bits per heavy atom. The minimum absolute atomic E-state index is 0.209. The maximum Gasteiger partial charge on any atom is 0.331 e. The van der Waals surface area contributed by atoms with Crippen LogP contribution in [0.1, 0.15) is 18.6 Å². The van der Waals surface area contributed by atoms with Crippen LogP contribution >= 0.6 is 0 Å². The molecule has 0 fully saturated rings. The highest BCUT2D eigenvalue weighted by atomic mass is 16.5.